The Hall–Kier alpha value is -2.89. The summed E-state index contributed by atoms with van der Waals surface area (Å²) in [6.45, 7) is 5.37. The topological polar surface area (TPSA) is 32.8 Å². The van der Waals surface area contributed by atoms with Crippen molar-refractivity contribution in [3.63, 3.8) is 0 Å². The molecule has 0 unspecified atom stereocenters. The van der Waals surface area contributed by atoms with Crippen molar-refractivity contribution in [1.82, 2.24) is 4.90 Å². The molecule has 3 rings (SSSR count). The van der Waals surface area contributed by atoms with E-state index in [9.17, 15) is 13.6 Å². The quantitative estimate of drug-likeness (QED) is 0.739. The second kappa shape index (κ2) is 8.66. The molecule has 4 nitrogen and oxygen atoms in total. The van der Waals surface area contributed by atoms with Crippen LogP contribution in [0, 0.1) is 11.6 Å². The standard InChI is InChI=1S/C21H22F2N2O2/c1-2-6-17-13-19(23)20(14-18(17)22)24-9-11-25(12-10-24)21(26)27-15-16-7-4-3-5-8-16/h2-5,7-8,13-14H,1,6,9-12,15H2. The molecule has 0 bridgehead atoms. The van der Waals surface area contributed by atoms with Crippen molar-refractivity contribution in [3.8, 4) is 0 Å². The Morgan fingerprint density at radius 2 is 1.78 bits per heavy atom. The number of anilines is 1. The van der Waals surface area contributed by atoms with Crippen LogP contribution >= 0.6 is 0 Å². The highest BCUT2D eigenvalue weighted by molar-refractivity contribution is 5.68. The minimum Gasteiger partial charge on any atom is -0.445 e. The molecule has 0 N–H and O–H groups in total. The molecule has 1 aliphatic heterocycles. The van der Waals surface area contributed by atoms with E-state index in [-0.39, 0.29) is 24.3 Å². The molecule has 0 spiro atoms. The Balaban J connectivity index is 1.56. The molecule has 6 heteroatoms. The van der Waals surface area contributed by atoms with Gasteiger partial charge in [-0.2, -0.15) is 0 Å². The molecule has 27 heavy (non-hydrogen) atoms. The number of piperazine rings is 1. The number of allylic oxidation sites excluding steroid dienone is 1. The van der Waals surface area contributed by atoms with Crippen molar-refractivity contribution in [1.29, 1.82) is 0 Å². The second-order valence-corrected chi connectivity index (χ2v) is 6.40. The second-order valence-electron chi connectivity index (χ2n) is 6.40. The van der Waals surface area contributed by atoms with Crippen LogP contribution in [0.4, 0.5) is 19.3 Å². The van der Waals surface area contributed by atoms with E-state index in [1.54, 1.807) is 9.80 Å². The van der Waals surface area contributed by atoms with E-state index >= 15 is 0 Å². The first-order valence-electron chi connectivity index (χ1n) is 8.88. The van der Waals surface area contributed by atoms with E-state index in [4.69, 9.17) is 4.74 Å². The molecule has 1 aliphatic rings. The van der Waals surface area contributed by atoms with E-state index < -0.39 is 17.7 Å². The van der Waals surface area contributed by atoms with E-state index in [1.165, 1.54) is 18.2 Å². The van der Waals surface area contributed by atoms with Gasteiger partial charge in [-0.05, 0) is 23.6 Å². The van der Waals surface area contributed by atoms with Crippen LogP contribution in [-0.2, 0) is 17.8 Å². The Labute approximate surface area is 157 Å². The number of ether oxygens (including phenoxy) is 1. The molecule has 1 fully saturated rings. The number of halogens is 2. The first-order chi connectivity index (χ1) is 13.1. The molecule has 142 valence electrons. The van der Waals surface area contributed by atoms with Crippen LogP contribution in [0.2, 0.25) is 0 Å². The molecule has 1 amide bonds. The lowest BCUT2D eigenvalue weighted by atomic mass is 10.1. The predicted molar refractivity (Wildman–Crippen MR) is 101 cm³/mol. The summed E-state index contributed by atoms with van der Waals surface area (Å²) in [6, 6.07) is 11.9. The van der Waals surface area contributed by atoms with Crippen molar-refractivity contribution in [2.24, 2.45) is 0 Å². The van der Waals surface area contributed by atoms with Gasteiger partial charge in [-0.15, -0.1) is 6.58 Å². The maximum Gasteiger partial charge on any atom is 0.410 e. The van der Waals surface area contributed by atoms with Gasteiger partial charge in [-0.1, -0.05) is 36.4 Å². The van der Waals surface area contributed by atoms with Crippen LogP contribution in [0.1, 0.15) is 11.1 Å². The number of carbonyl (C=O) groups excluding carboxylic acids is 1. The summed E-state index contributed by atoms with van der Waals surface area (Å²) >= 11 is 0. The highest BCUT2D eigenvalue weighted by atomic mass is 19.1. The summed E-state index contributed by atoms with van der Waals surface area (Å²) < 4.78 is 33.8. The number of nitrogens with zero attached hydrogens (tertiary/aromatic N) is 2. The summed E-state index contributed by atoms with van der Waals surface area (Å²) in [7, 11) is 0. The highest BCUT2D eigenvalue weighted by Gasteiger charge is 2.24. The predicted octanol–water partition coefficient (Wildman–Crippen LogP) is 4.15. The van der Waals surface area contributed by atoms with E-state index in [0.29, 0.717) is 26.2 Å². The minimum absolute atomic E-state index is 0.213. The van der Waals surface area contributed by atoms with Crippen LogP contribution in [0.5, 0.6) is 0 Å². The van der Waals surface area contributed by atoms with Crippen molar-refractivity contribution in [2.45, 2.75) is 13.0 Å². The van der Waals surface area contributed by atoms with Gasteiger partial charge in [0.05, 0.1) is 5.69 Å². The molecule has 2 aromatic carbocycles. The van der Waals surface area contributed by atoms with Gasteiger partial charge in [0.25, 0.3) is 0 Å². The van der Waals surface area contributed by atoms with Crippen LogP contribution in [0.25, 0.3) is 0 Å². The maximum atomic E-state index is 14.4. The number of hydrogen-bond acceptors (Lipinski definition) is 3. The lowest BCUT2D eigenvalue weighted by molar-refractivity contribution is 0.0941. The van der Waals surface area contributed by atoms with Gasteiger partial charge >= 0.3 is 6.09 Å². The normalized spacial score (nSPS) is 14.1. The summed E-state index contributed by atoms with van der Waals surface area (Å²) in [5, 5.41) is 0. The fourth-order valence-electron chi connectivity index (χ4n) is 3.07. The Morgan fingerprint density at radius 3 is 2.44 bits per heavy atom. The van der Waals surface area contributed by atoms with Gasteiger partial charge < -0.3 is 14.5 Å². The van der Waals surface area contributed by atoms with E-state index in [2.05, 4.69) is 6.58 Å². The van der Waals surface area contributed by atoms with Gasteiger partial charge in [0.15, 0.2) is 0 Å². The highest BCUT2D eigenvalue weighted by Crippen LogP contribution is 2.25. The van der Waals surface area contributed by atoms with Gasteiger partial charge in [0, 0.05) is 32.2 Å². The van der Waals surface area contributed by atoms with Gasteiger partial charge in [-0.3, -0.25) is 0 Å². The smallest absolute Gasteiger partial charge is 0.410 e. The number of hydrogen-bond donors (Lipinski definition) is 0. The SMILES string of the molecule is C=CCc1cc(F)c(N2CCN(C(=O)OCc3ccccc3)CC2)cc1F. The molecule has 1 heterocycles. The van der Waals surface area contributed by atoms with Crippen LogP contribution < -0.4 is 4.90 Å². The average molecular weight is 372 g/mol. The molecular formula is C21H22F2N2O2. The monoisotopic (exact) mass is 372 g/mol. The zero-order valence-electron chi connectivity index (χ0n) is 15.0. The zero-order valence-corrected chi connectivity index (χ0v) is 15.0. The first-order valence-corrected chi connectivity index (χ1v) is 8.88. The molecule has 0 aromatic heterocycles. The van der Waals surface area contributed by atoms with Crippen molar-refractivity contribution < 1.29 is 18.3 Å². The Morgan fingerprint density at radius 1 is 1.07 bits per heavy atom. The van der Waals surface area contributed by atoms with Gasteiger partial charge in [0.2, 0.25) is 0 Å². The van der Waals surface area contributed by atoms with Crippen molar-refractivity contribution in [3.05, 3.63) is 77.9 Å². The largest absolute Gasteiger partial charge is 0.445 e. The van der Waals surface area contributed by atoms with Crippen LogP contribution in [0.15, 0.2) is 55.1 Å². The van der Waals surface area contributed by atoms with Crippen LogP contribution in [-0.4, -0.2) is 37.2 Å². The summed E-state index contributed by atoms with van der Waals surface area (Å²) in [4.78, 5) is 15.5. The molecule has 0 atom stereocenters. The average Bonchev–Trinajstić information content (AvgIpc) is 2.70. The number of rotatable bonds is 5. The minimum atomic E-state index is -0.464. The number of benzene rings is 2. The van der Waals surface area contributed by atoms with Crippen molar-refractivity contribution in [2.75, 3.05) is 31.1 Å². The lowest BCUT2D eigenvalue weighted by Gasteiger charge is -2.35. The Bertz CT molecular complexity index is 803. The van der Waals surface area contributed by atoms with Crippen molar-refractivity contribution >= 4 is 11.8 Å². The Kier molecular flexibility index (Phi) is 6.06. The molecular weight excluding hydrogens is 350 g/mol. The molecule has 2 aromatic rings. The molecule has 0 radical (unpaired) electrons. The number of amides is 1. The third-order valence-electron chi connectivity index (χ3n) is 4.56. The fraction of sp³-hybridized carbons (Fsp3) is 0.286. The third kappa shape index (κ3) is 4.64. The van der Waals surface area contributed by atoms with Crippen LogP contribution in [0.3, 0.4) is 0 Å². The summed E-state index contributed by atoms with van der Waals surface area (Å²) in [5.74, 6) is -0.913. The lowest BCUT2D eigenvalue weighted by Crippen LogP contribution is -2.49. The summed E-state index contributed by atoms with van der Waals surface area (Å²) in [5.41, 5.74) is 1.42. The van der Waals surface area contributed by atoms with Gasteiger partial charge in [-0.25, -0.2) is 13.6 Å². The summed E-state index contributed by atoms with van der Waals surface area (Å²) in [6.07, 6.45) is 1.42. The molecule has 0 aliphatic carbocycles. The van der Waals surface area contributed by atoms with Gasteiger partial charge in [0.1, 0.15) is 18.2 Å². The third-order valence-corrected chi connectivity index (χ3v) is 4.56. The maximum absolute atomic E-state index is 14.4. The zero-order chi connectivity index (χ0) is 19.2. The first kappa shape index (κ1) is 18.9. The molecule has 0 saturated carbocycles. The number of carbonyl (C=O) groups is 1. The van der Waals surface area contributed by atoms with E-state index in [0.717, 1.165) is 5.56 Å². The van der Waals surface area contributed by atoms with E-state index in [1.807, 2.05) is 30.3 Å². The molecule has 1 saturated heterocycles. The fourth-order valence-corrected chi connectivity index (χ4v) is 3.07.